The van der Waals surface area contributed by atoms with E-state index in [2.05, 4.69) is 42.2 Å². The minimum Gasteiger partial charge on any atom is -0.744 e. The van der Waals surface area contributed by atoms with Gasteiger partial charge in [-0.3, -0.25) is 29.4 Å². The van der Waals surface area contributed by atoms with E-state index in [0.717, 1.165) is 73.2 Å². The summed E-state index contributed by atoms with van der Waals surface area (Å²) in [5.41, 5.74) is 6.62. The summed E-state index contributed by atoms with van der Waals surface area (Å²) in [6.45, 7) is 0. The first-order valence-corrected chi connectivity index (χ1v) is 28.0. The van der Waals surface area contributed by atoms with Gasteiger partial charge in [0.25, 0.3) is 11.8 Å². The van der Waals surface area contributed by atoms with Crippen molar-refractivity contribution < 1.29 is 131 Å². The summed E-state index contributed by atoms with van der Waals surface area (Å²) in [7, 11) is -18.5. The number of hydrogen-bond donors (Lipinski definition) is 6. The topological polar surface area (TPSA) is 385 Å². The number of ketones is 3. The van der Waals surface area contributed by atoms with Crippen LogP contribution in [0.15, 0.2) is 146 Å². The summed E-state index contributed by atoms with van der Waals surface area (Å²) in [5.74, 6) is -4.70. The minimum absolute atomic E-state index is 0. The Morgan fingerprint density at radius 1 is 0.526 bits per heavy atom. The summed E-state index contributed by atoms with van der Waals surface area (Å²) < 4.78 is 124. The summed E-state index contributed by atoms with van der Waals surface area (Å²) in [4.78, 5) is 62.3. The molecule has 6 N–H and O–H groups in total. The zero-order valence-electron chi connectivity index (χ0n) is 40.7. The number of hydrazone groups is 1. The number of anilines is 5. The second kappa shape index (κ2) is 23.5. The van der Waals surface area contributed by atoms with Gasteiger partial charge in [0, 0.05) is 45.5 Å². The van der Waals surface area contributed by atoms with Crippen LogP contribution in [0.5, 0.6) is 5.75 Å². The van der Waals surface area contributed by atoms with E-state index < -0.39 is 102 Å². The first-order valence-electron chi connectivity index (χ1n) is 21.4. The number of carbonyl (C=O) groups excluding carboxylic acids is 5. The third-order valence-electron chi connectivity index (χ3n) is 11.0. The molecule has 0 saturated heterocycles. The van der Waals surface area contributed by atoms with Gasteiger partial charge in [-0.1, -0.05) is 12.1 Å². The van der Waals surface area contributed by atoms with Crippen molar-refractivity contribution in [2.75, 3.05) is 39.4 Å². The number of benzene rings is 5. The molecule has 0 saturated carbocycles. The van der Waals surface area contributed by atoms with Gasteiger partial charge in [0.1, 0.15) is 37.4 Å². The van der Waals surface area contributed by atoms with Crippen LogP contribution in [0.2, 0.25) is 0 Å². The number of allylic oxidation sites excluding steroid dienone is 3. The number of rotatable bonds is 14. The van der Waals surface area contributed by atoms with Crippen molar-refractivity contribution in [2.45, 2.75) is 4.90 Å². The van der Waals surface area contributed by atoms with Gasteiger partial charge in [-0.25, -0.2) is 33.7 Å². The van der Waals surface area contributed by atoms with Crippen molar-refractivity contribution >= 4 is 137 Å². The average Bonchev–Trinajstić information content (AvgIpc) is 3.34. The molecule has 8 rings (SSSR count). The SMILES string of the molecule is CS(=O)(=O)C1=C/C(=N\N=C2/C(=O)C=c3ccc(NC(=O)c4ccc(NNc5ccc(C(=O)Nc6ccc7c(c6)=C(S(=O)(=O)[O-])/C(=N/Nc6cc(S(C)(=O)=O)ccc6O)C(=O)C=7)cc5)cc4)cc3=C2S(=O)(=O)[O-])C(=O)C=C1.[Na+].[Na+]. The molecule has 0 bridgehead atoms. The van der Waals surface area contributed by atoms with Crippen molar-refractivity contribution in [3.8, 4) is 5.75 Å². The fourth-order valence-corrected chi connectivity index (χ4v) is 10.3. The minimum atomic E-state index is -5.47. The molecule has 0 spiro atoms. The Morgan fingerprint density at radius 3 is 1.45 bits per heavy atom. The van der Waals surface area contributed by atoms with Crippen LogP contribution in [0.1, 0.15) is 20.7 Å². The molecule has 5 aromatic rings. The number of phenols is 1. The predicted octanol–water partition coefficient (Wildman–Crippen LogP) is -5.89. The number of hydrogen-bond acceptors (Lipinski definition) is 22. The Morgan fingerprint density at radius 2 is 0.987 bits per heavy atom. The number of nitrogens with zero attached hydrogens (tertiary/aromatic N) is 3. The fraction of sp³-hybridized carbons (Fsp3) is 0.0417. The number of fused-ring (bicyclic) bond motifs is 2. The Kier molecular flexibility index (Phi) is 18.1. The van der Waals surface area contributed by atoms with Crippen LogP contribution in [0.25, 0.3) is 22.0 Å². The van der Waals surface area contributed by atoms with Gasteiger partial charge in [0.05, 0.1) is 36.7 Å². The largest absolute Gasteiger partial charge is 1.00 e. The summed E-state index contributed by atoms with van der Waals surface area (Å²) in [6.07, 6.45) is 6.52. The molecular formula is C48H34N8Na2O16S4. The molecule has 0 radical (unpaired) electrons. The maximum Gasteiger partial charge on any atom is 1.00 e. The van der Waals surface area contributed by atoms with Gasteiger partial charge in [0.2, 0.25) is 17.3 Å². The normalized spacial score (nSPS) is 15.9. The quantitative estimate of drug-likeness (QED) is 0.0198. The Balaban J connectivity index is 0.00000492. The van der Waals surface area contributed by atoms with Crippen molar-refractivity contribution in [3.05, 3.63) is 158 Å². The van der Waals surface area contributed by atoms with Gasteiger partial charge in [-0.15, -0.1) is 10.2 Å². The molecule has 2 amide bonds. The molecule has 388 valence electrons. The van der Waals surface area contributed by atoms with E-state index in [4.69, 9.17) is 0 Å². The number of carbonyl (C=O) groups is 5. The average molecular weight is 1150 g/mol. The van der Waals surface area contributed by atoms with E-state index in [9.17, 15) is 71.9 Å². The van der Waals surface area contributed by atoms with Crippen molar-refractivity contribution in [3.63, 3.8) is 0 Å². The Labute approximate surface area is 486 Å². The zero-order chi connectivity index (χ0) is 55.1. The van der Waals surface area contributed by atoms with Crippen LogP contribution in [-0.2, 0) is 54.3 Å². The standard InChI is InChI=1S/C48H36N8O16S4.2Na/c1-73(63,64)33-15-17-39(57)37(23-33)53-55-43-41(59)19-27-7-13-31(21-35(27)45(43)75(67,68)69)49-47(61)25-3-9-29(10-4-25)51-52-30-11-5-26(6-12-30)48(62)50-32-14-8-28-20-42(60)44(46(36(28)22-32)76(70,71)72)56-54-38-24-34(74(2,65)66)16-18-40(38)58;;/h3-24,51-53,57H,1-2H3,(H,49,61)(H,50,62)(H,67,68,69)(H,70,71,72);;/q;2*+1/p-2/b54-38+,55-43+,56-44+;;. The zero-order valence-corrected chi connectivity index (χ0v) is 48.0. The van der Waals surface area contributed by atoms with Crippen LogP contribution in [0.3, 0.4) is 0 Å². The van der Waals surface area contributed by atoms with Crippen LogP contribution < -0.4 is 107 Å². The maximum atomic E-state index is 13.3. The van der Waals surface area contributed by atoms with E-state index in [0.29, 0.717) is 11.4 Å². The Hall–Kier alpha value is -7.06. The number of nitrogens with one attached hydrogen (secondary N) is 5. The molecule has 78 heavy (non-hydrogen) atoms. The van der Waals surface area contributed by atoms with Gasteiger partial charge < -0.3 is 35.7 Å². The van der Waals surface area contributed by atoms with Crippen LogP contribution in [0, 0.1) is 0 Å². The first kappa shape index (κ1) is 60.2. The smallest absolute Gasteiger partial charge is 0.744 e. The number of aromatic hydroxyl groups is 1. The number of amides is 2. The third-order valence-corrected chi connectivity index (χ3v) is 15.1. The second-order valence-corrected chi connectivity index (χ2v) is 23.1. The molecule has 0 unspecified atom stereocenters. The van der Waals surface area contributed by atoms with Crippen molar-refractivity contribution in [1.29, 1.82) is 0 Å². The van der Waals surface area contributed by atoms with E-state index >= 15 is 0 Å². The van der Waals surface area contributed by atoms with E-state index in [1.807, 2.05) is 0 Å². The fourth-order valence-electron chi connectivity index (χ4n) is 7.34. The molecule has 0 aromatic heterocycles. The monoisotopic (exact) mass is 1150 g/mol. The van der Waals surface area contributed by atoms with Crippen molar-refractivity contribution in [1.82, 2.24) is 0 Å². The maximum absolute atomic E-state index is 13.3. The summed E-state index contributed by atoms with van der Waals surface area (Å²) >= 11 is 0. The number of hydrazine groups is 1. The molecule has 0 atom stereocenters. The predicted molar refractivity (Wildman–Crippen MR) is 277 cm³/mol. The van der Waals surface area contributed by atoms with Gasteiger partial charge in [-0.05, 0) is 132 Å². The summed E-state index contributed by atoms with van der Waals surface area (Å²) in [5, 5.41) is 25.8. The van der Waals surface area contributed by atoms with Crippen LogP contribution in [-0.4, -0.2) is 107 Å². The van der Waals surface area contributed by atoms with E-state index in [1.165, 1.54) is 72.8 Å². The van der Waals surface area contributed by atoms with Gasteiger partial charge in [0.15, 0.2) is 25.4 Å². The molecule has 24 nitrogen and oxygen atoms in total. The molecule has 0 aliphatic heterocycles. The second-order valence-electron chi connectivity index (χ2n) is 16.5. The van der Waals surface area contributed by atoms with E-state index in [1.54, 1.807) is 0 Å². The number of sulfone groups is 2. The van der Waals surface area contributed by atoms with Gasteiger partial charge in [-0.2, -0.15) is 5.10 Å². The molecule has 0 heterocycles. The molecule has 30 heteroatoms. The first-order chi connectivity index (χ1) is 35.6. The van der Waals surface area contributed by atoms with Crippen LogP contribution in [0.4, 0.5) is 28.4 Å². The van der Waals surface area contributed by atoms with E-state index in [-0.39, 0.29) is 118 Å². The number of Topliss-reactive ketones (excluding diaryl/α,β-unsaturated/α-hetero) is 2. The number of phenolic OH excluding ortho intramolecular Hbond substituents is 1. The summed E-state index contributed by atoms with van der Waals surface area (Å²) in [6, 6.07) is 22.6. The van der Waals surface area contributed by atoms with Gasteiger partial charge >= 0.3 is 59.1 Å². The molecule has 0 fully saturated rings. The molecule has 3 aliphatic rings. The Bertz CT molecular complexity index is 4360. The molecule has 5 aromatic carbocycles. The third kappa shape index (κ3) is 13.8. The molecular weight excluding hydrogens is 1120 g/mol. The van der Waals surface area contributed by atoms with Crippen molar-refractivity contribution in [2.24, 2.45) is 15.3 Å². The molecule has 3 aliphatic carbocycles. The van der Waals surface area contributed by atoms with Crippen LogP contribution >= 0.6 is 0 Å².